The molecule has 0 aromatic heterocycles. The molecule has 1 atom stereocenters. The summed E-state index contributed by atoms with van der Waals surface area (Å²) in [6.45, 7) is 1.85. The number of ether oxygens (including phenoxy) is 1. The van der Waals surface area contributed by atoms with Crippen molar-refractivity contribution in [3.63, 3.8) is 0 Å². The van der Waals surface area contributed by atoms with Crippen LogP contribution in [0.4, 0.5) is 0 Å². The van der Waals surface area contributed by atoms with Crippen molar-refractivity contribution in [3.8, 4) is 5.75 Å². The fourth-order valence-corrected chi connectivity index (χ4v) is 2.61. The fraction of sp³-hybridized carbons (Fsp3) is 0.571. The lowest BCUT2D eigenvalue weighted by atomic mass is 9.86. The lowest BCUT2D eigenvalue weighted by molar-refractivity contribution is 0.195. The maximum atomic E-state index is 9.50. The van der Waals surface area contributed by atoms with Gasteiger partial charge in [-0.3, -0.25) is 0 Å². The van der Waals surface area contributed by atoms with Crippen molar-refractivity contribution in [3.05, 3.63) is 28.8 Å². The molecule has 1 aromatic carbocycles. The van der Waals surface area contributed by atoms with Gasteiger partial charge in [-0.15, -0.1) is 0 Å². The van der Waals surface area contributed by atoms with Crippen LogP contribution in [-0.2, 0) is 19.3 Å². The molecule has 0 fully saturated rings. The van der Waals surface area contributed by atoms with Crippen LogP contribution < -0.4 is 4.74 Å². The van der Waals surface area contributed by atoms with Crippen molar-refractivity contribution in [1.82, 2.24) is 0 Å². The second-order valence-corrected chi connectivity index (χ2v) is 4.64. The van der Waals surface area contributed by atoms with E-state index in [-0.39, 0.29) is 6.10 Å². The molecule has 1 aliphatic carbocycles. The molecule has 0 amide bonds. The summed E-state index contributed by atoms with van der Waals surface area (Å²) in [5.41, 5.74) is 4.09. The lowest BCUT2D eigenvalue weighted by Crippen LogP contribution is -2.12. The Morgan fingerprint density at radius 1 is 1.25 bits per heavy atom. The van der Waals surface area contributed by atoms with Gasteiger partial charge in [-0.2, -0.15) is 0 Å². The number of fused-ring (bicyclic) bond motifs is 1. The molecule has 2 nitrogen and oxygen atoms in total. The van der Waals surface area contributed by atoms with Crippen molar-refractivity contribution >= 4 is 0 Å². The summed E-state index contributed by atoms with van der Waals surface area (Å²) in [6.07, 6.45) is 5.25. The largest absolute Gasteiger partial charge is 0.496 e. The summed E-state index contributed by atoms with van der Waals surface area (Å²) in [5, 5.41) is 9.50. The molecule has 88 valence electrons. The van der Waals surface area contributed by atoms with Crippen molar-refractivity contribution in [2.75, 3.05) is 7.11 Å². The molecule has 1 aromatic rings. The first kappa shape index (κ1) is 11.5. The molecule has 2 heteroatoms. The van der Waals surface area contributed by atoms with Crippen LogP contribution in [0.25, 0.3) is 0 Å². The summed E-state index contributed by atoms with van der Waals surface area (Å²) >= 11 is 0. The van der Waals surface area contributed by atoms with Gasteiger partial charge < -0.3 is 9.84 Å². The van der Waals surface area contributed by atoms with Crippen LogP contribution >= 0.6 is 0 Å². The smallest absolute Gasteiger partial charge is 0.122 e. The second kappa shape index (κ2) is 4.88. The van der Waals surface area contributed by atoms with E-state index < -0.39 is 0 Å². The average molecular weight is 220 g/mol. The van der Waals surface area contributed by atoms with Gasteiger partial charge in [0.2, 0.25) is 0 Å². The monoisotopic (exact) mass is 220 g/mol. The number of aliphatic hydroxyl groups excluding tert-OH is 1. The van der Waals surface area contributed by atoms with Crippen LogP contribution in [0.3, 0.4) is 0 Å². The molecule has 0 heterocycles. The predicted molar refractivity (Wildman–Crippen MR) is 65.0 cm³/mol. The van der Waals surface area contributed by atoms with E-state index in [1.807, 2.05) is 13.0 Å². The van der Waals surface area contributed by atoms with Crippen LogP contribution in [0.1, 0.15) is 36.5 Å². The highest BCUT2D eigenvalue weighted by Crippen LogP contribution is 2.32. The van der Waals surface area contributed by atoms with E-state index in [9.17, 15) is 5.11 Å². The quantitative estimate of drug-likeness (QED) is 0.848. The number of aliphatic hydroxyl groups is 1. The zero-order valence-electron chi connectivity index (χ0n) is 10.1. The minimum absolute atomic E-state index is 0.264. The Labute approximate surface area is 97.3 Å². The molecule has 0 bridgehead atoms. The SMILES string of the molecule is COc1ccc(CC(C)O)c2c1CCCC2. The van der Waals surface area contributed by atoms with E-state index in [1.165, 1.54) is 29.5 Å². The van der Waals surface area contributed by atoms with E-state index in [4.69, 9.17) is 4.74 Å². The van der Waals surface area contributed by atoms with Crippen molar-refractivity contribution < 1.29 is 9.84 Å². The Kier molecular flexibility index (Phi) is 3.49. The molecule has 2 rings (SSSR count). The molecule has 1 N–H and O–H groups in total. The minimum Gasteiger partial charge on any atom is -0.496 e. The summed E-state index contributed by atoms with van der Waals surface area (Å²) in [7, 11) is 1.73. The topological polar surface area (TPSA) is 29.5 Å². The molecule has 0 saturated carbocycles. The summed E-state index contributed by atoms with van der Waals surface area (Å²) in [4.78, 5) is 0. The van der Waals surface area contributed by atoms with Crippen LogP contribution in [0, 0.1) is 0 Å². The van der Waals surface area contributed by atoms with Gasteiger partial charge in [0.05, 0.1) is 13.2 Å². The first-order valence-corrected chi connectivity index (χ1v) is 6.08. The molecule has 0 spiro atoms. The van der Waals surface area contributed by atoms with E-state index in [1.54, 1.807) is 7.11 Å². The van der Waals surface area contributed by atoms with E-state index in [0.717, 1.165) is 25.0 Å². The van der Waals surface area contributed by atoms with Gasteiger partial charge in [0, 0.05) is 0 Å². The third-order valence-corrected chi connectivity index (χ3v) is 3.32. The van der Waals surface area contributed by atoms with Crippen LogP contribution in [-0.4, -0.2) is 18.3 Å². The third-order valence-electron chi connectivity index (χ3n) is 3.32. The Morgan fingerprint density at radius 3 is 2.56 bits per heavy atom. The van der Waals surface area contributed by atoms with Crippen molar-refractivity contribution in [1.29, 1.82) is 0 Å². The van der Waals surface area contributed by atoms with Crippen molar-refractivity contribution in [2.45, 2.75) is 45.1 Å². The maximum absolute atomic E-state index is 9.50. The molecular formula is C14H20O2. The molecule has 0 radical (unpaired) electrons. The zero-order valence-corrected chi connectivity index (χ0v) is 10.1. The molecular weight excluding hydrogens is 200 g/mol. The van der Waals surface area contributed by atoms with Crippen LogP contribution in [0.5, 0.6) is 5.75 Å². The molecule has 0 aliphatic heterocycles. The van der Waals surface area contributed by atoms with Crippen LogP contribution in [0.2, 0.25) is 0 Å². The number of benzene rings is 1. The molecule has 16 heavy (non-hydrogen) atoms. The number of methoxy groups -OCH3 is 1. The second-order valence-electron chi connectivity index (χ2n) is 4.64. The third kappa shape index (κ3) is 2.22. The first-order valence-electron chi connectivity index (χ1n) is 6.08. The van der Waals surface area contributed by atoms with E-state index in [2.05, 4.69) is 6.07 Å². The molecule has 1 aliphatic rings. The van der Waals surface area contributed by atoms with Gasteiger partial charge in [0.15, 0.2) is 0 Å². The average Bonchev–Trinajstić information content (AvgIpc) is 2.29. The van der Waals surface area contributed by atoms with Gasteiger partial charge in [0.25, 0.3) is 0 Å². The van der Waals surface area contributed by atoms with Gasteiger partial charge >= 0.3 is 0 Å². The number of hydrogen-bond acceptors (Lipinski definition) is 2. The number of hydrogen-bond donors (Lipinski definition) is 1. The predicted octanol–water partition coefficient (Wildman–Crippen LogP) is 2.50. The summed E-state index contributed by atoms with van der Waals surface area (Å²) in [6, 6.07) is 4.15. The lowest BCUT2D eigenvalue weighted by Gasteiger charge is -2.22. The van der Waals surface area contributed by atoms with E-state index >= 15 is 0 Å². The standard InChI is InChI=1S/C14H20O2/c1-10(15)9-11-7-8-14(16-2)13-6-4-3-5-12(11)13/h7-8,10,15H,3-6,9H2,1-2H3. The highest BCUT2D eigenvalue weighted by molar-refractivity contribution is 5.46. The normalized spacial score (nSPS) is 16.7. The number of rotatable bonds is 3. The zero-order chi connectivity index (χ0) is 11.5. The van der Waals surface area contributed by atoms with E-state index in [0.29, 0.717) is 0 Å². The molecule has 1 unspecified atom stereocenters. The van der Waals surface area contributed by atoms with Gasteiger partial charge in [0.1, 0.15) is 5.75 Å². The highest BCUT2D eigenvalue weighted by Gasteiger charge is 2.17. The Hall–Kier alpha value is -1.02. The van der Waals surface area contributed by atoms with Gasteiger partial charge in [-0.05, 0) is 61.8 Å². The molecule has 0 saturated heterocycles. The first-order chi connectivity index (χ1) is 7.72. The minimum atomic E-state index is -0.264. The maximum Gasteiger partial charge on any atom is 0.122 e. The van der Waals surface area contributed by atoms with Gasteiger partial charge in [-0.1, -0.05) is 6.07 Å². The highest BCUT2D eigenvalue weighted by atomic mass is 16.5. The summed E-state index contributed by atoms with van der Waals surface area (Å²) < 4.78 is 5.41. The summed E-state index contributed by atoms with van der Waals surface area (Å²) in [5.74, 6) is 1.02. The van der Waals surface area contributed by atoms with Crippen LogP contribution in [0.15, 0.2) is 12.1 Å². The Balaban J connectivity index is 2.40. The Bertz CT molecular complexity index is 369. The fourth-order valence-electron chi connectivity index (χ4n) is 2.61. The van der Waals surface area contributed by atoms with Crippen molar-refractivity contribution in [2.24, 2.45) is 0 Å². The van der Waals surface area contributed by atoms with Gasteiger partial charge in [-0.25, -0.2) is 0 Å². The Morgan fingerprint density at radius 2 is 1.94 bits per heavy atom.